The Balaban J connectivity index is 1.27. The van der Waals surface area contributed by atoms with Gasteiger partial charge in [-0.15, -0.1) is 0 Å². The molecule has 1 amide bonds. The second-order valence-corrected chi connectivity index (χ2v) is 8.14. The minimum Gasteiger partial charge on any atom is -0.441 e. The molecular weight excluding hydrogens is 374 g/mol. The van der Waals surface area contributed by atoms with E-state index in [2.05, 4.69) is 27.3 Å². The maximum absolute atomic E-state index is 12.5. The van der Waals surface area contributed by atoms with Crippen molar-refractivity contribution in [3.8, 4) is 0 Å². The minimum atomic E-state index is -0.0463. The third-order valence-electron chi connectivity index (χ3n) is 5.80. The summed E-state index contributed by atoms with van der Waals surface area (Å²) < 4.78 is 5.90. The van der Waals surface area contributed by atoms with E-state index in [1.54, 1.807) is 6.07 Å². The van der Waals surface area contributed by atoms with E-state index in [4.69, 9.17) is 4.42 Å². The molecule has 0 bridgehead atoms. The SMILES string of the molecule is O=C(NCCCN1CCCCCC1)c1ccc2nc(CCc3ccccc3)oc2c1. The number of aryl methyl sites for hydroxylation is 2. The number of nitrogens with zero attached hydrogens (tertiary/aromatic N) is 2. The third kappa shape index (κ3) is 5.70. The van der Waals surface area contributed by atoms with Gasteiger partial charge in [0.1, 0.15) is 5.52 Å². The van der Waals surface area contributed by atoms with E-state index in [0.717, 1.165) is 31.3 Å². The Bertz CT molecular complexity index is 943. The van der Waals surface area contributed by atoms with E-state index in [1.165, 1.54) is 44.3 Å². The molecule has 1 aliphatic heterocycles. The molecule has 0 aliphatic carbocycles. The highest BCUT2D eigenvalue weighted by molar-refractivity contribution is 5.96. The van der Waals surface area contributed by atoms with Crippen LogP contribution in [0, 0.1) is 0 Å². The van der Waals surface area contributed by atoms with Gasteiger partial charge in [-0.3, -0.25) is 4.79 Å². The van der Waals surface area contributed by atoms with Crippen molar-refractivity contribution in [3.63, 3.8) is 0 Å². The zero-order chi connectivity index (χ0) is 20.6. The van der Waals surface area contributed by atoms with Crippen LogP contribution in [0.5, 0.6) is 0 Å². The predicted octanol–water partition coefficient (Wildman–Crippen LogP) is 4.61. The summed E-state index contributed by atoms with van der Waals surface area (Å²) in [4.78, 5) is 19.6. The lowest BCUT2D eigenvalue weighted by atomic mass is 10.1. The zero-order valence-electron chi connectivity index (χ0n) is 17.6. The highest BCUT2D eigenvalue weighted by Gasteiger charge is 2.12. The normalized spacial score (nSPS) is 15.2. The number of rotatable bonds is 8. The molecule has 1 fully saturated rings. The zero-order valence-corrected chi connectivity index (χ0v) is 17.6. The molecule has 1 saturated heterocycles. The van der Waals surface area contributed by atoms with Crippen LogP contribution in [0.15, 0.2) is 52.9 Å². The van der Waals surface area contributed by atoms with Crippen LogP contribution in [0.4, 0.5) is 0 Å². The van der Waals surface area contributed by atoms with Crippen LogP contribution in [0.1, 0.15) is 53.9 Å². The summed E-state index contributed by atoms with van der Waals surface area (Å²) in [6.45, 7) is 4.16. The molecule has 2 aromatic carbocycles. The monoisotopic (exact) mass is 405 g/mol. The number of benzene rings is 2. The van der Waals surface area contributed by atoms with Crippen LogP contribution in [-0.4, -0.2) is 42.0 Å². The summed E-state index contributed by atoms with van der Waals surface area (Å²) >= 11 is 0. The molecule has 30 heavy (non-hydrogen) atoms. The van der Waals surface area contributed by atoms with Crippen LogP contribution in [0.3, 0.4) is 0 Å². The van der Waals surface area contributed by atoms with E-state index >= 15 is 0 Å². The Labute approximate surface area is 178 Å². The Morgan fingerprint density at radius 3 is 2.60 bits per heavy atom. The van der Waals surface area contributed by atoms with Crippen LogP contribution >= 0.6 is 0 Å². The molecule has 0 spiro atoms. The first-order valence-electron chi connectivity index (χ1n) is 11.2. The van der Waals surface area contributed by atoms with Gasteiger partial charge in [-0.2, -0.15) is 0 Å². The number of carbonyl (C=O) groups excluding carboxylic acids is 1. The summed E-state index contributed by atoms with van der Waals surface area (Å²) in [6.07, 6.45) is 7.93. The number of likely N-dealkylation sites (tertiary alicyclic amines) is 1. The Morgan fingerprint density at radius 2 is 1.80 bits per heavy atom. The average Bonchev–Trinajstić information content (AvgIpc) is 3.01. The lowest BCUT2D eigenvalue weighted by Crippen LogP contribution is -2.30. The molecule has 0 saturated carbocycles. The molecule has 1 aromatic heterocycles. The first-order valence-corrected chi connectivity index (χ1v) is 11.2. The van der Waals surface area contributed by atoms with Gasteiger partial charge in [0.15, 0.2) is 11.5 Å². The third-order valence-corrected chi connectivity index (χ3v) is 5.80. The molecule has 1 aliphatic rings. The number of nitrogens with one attached hydrogen (secondary N) is 1. The van der Waals surface area contributed by atoms with Gasteiger partial charge < -0.3 is 14.6 Å². The number of hydrogen-bond donors (Lipinski definition) is 1. The van der Waals surface area contributed by atoms with Crippen molar-refractivity contribution in [1.82, 2.24) is 15.2 Å². The van der Waals surface area contributed by atoms with E-state index in [1.807, 2.05) is 30.3 Å². The lowest BCUT2D eigenvalue weighted by molar-refractivity contribution is 0.0951. The van der Waals surface area contributed by atoms with Crippen molar-refractivity contribution in [3.05, 3.63) is 65.5 Å². The minimum absolute atomic E-state index is 0.0463. The Morgan fingerprint density at radius 1 is 1.00 bits per heavy atom. The van der Waals surface area contributed by atoms with Crippen LogP contribution in [0.2, 0.25) is 0 Å². The number of amides is 1. The molecule has 4 rings (SSSR count). The summed E-state index contributed by atoms with van der Waals surface area (Å²) in [6, 6.07) is 15.8. The molecular formula is C25H31N3O2. The summed E-state index contributed by atoms with van der Waals surface area (Å²) in [5.41, 5.74) is 3.37. The second-order valence-electron chi connectivity index (χ2n) is 8.14. The second kappa shape index (κ2) is 10.4. The quantitative estimate of drug-likeness (QED) is 0.556. The summed E-state index contributed by atoms with van der Waals surface area (Å²) in [7, 11) is 0. The maximum atomic E-state index is 12.5. The molecule has 1 N–H and O–H groups in total. The van der Waals surface area contributed by atoms with E-state index in [-0.39, 0.29) is 5.91 Å². The highest BCUT2D eigenvalue weighted by Crippen LogP contribution is 2.19. The lowest BCUT2D eigenvalue weighted by Gasteiger charge is -2.19. The fourth-order valence-corrected chi connectivity index (χ4v) is 4.08. The smallest absolute Gasteiger partial charge is 0.251 e. The van der Waals surface area contributed by atoms with Crippen molar-refractivity contribution in [2.45, 2.75) is 44.9 Å². The molecule has 2 heterocycles. The molecule has 0 radical (unpaired) electrons. The predicted molar refractivity (Wildman–Crippen MR) is 120 cm³/mol. The summed E-state index contributed by atoms with van der Waals surface area (Å²) in [5.74, 6) is 0.666. The van der Waals surface area contributed by atoms with Crippen LogP contribution in [0.25, 0.3) is 11.1 Å². The number of carbonyl (C=O) groups is 1. The topological polar surface area (TPSA) is 58.4 Å². The number of oxazole rings is 1. The molecule has 0 atom stereocenters. The summed E-state index contributed by atoms with van der Waals surface area (Å²) in [5, 5.41) is 3.04. The fourth-order valence-electron chi connectivity index (χ4n) is 4.08. The van der Waals surface area contributed by atoms with Gasteiger partial charge in [-0.1, -0.05) is 43.2 Å². The van der Waals surface area contributed by atoms with Gasteiger partial charge >= 0.3 is 0 Å². The Kier molecular flexibility index (Phi) is 7.14. The first-order chi connectivity index (χ1) is 14.8. The number of aromatic nitrogens is 1. The molecule has 3 aromatic rings. The van der Waals surface area contributed by atoms with Gasteiger partial charge in [0.25, 0.3) is 5.91 Å². The number of hydrogen-bond acceptors (Lipinski definition) is 4. The van der Waals surface area contributed by atoms with Gasteiger partial charge in [-0.25, -0.2) is 4.98 Å². The Hall–Kier alpha value is -2.66. The van der Waals surface area contributed by atoms with Crippen LogP contribution < -0.4 is 5.32 Å². The van der Waals surface area contributed by atoms with Gasteiger partial charge in [0, 0.05) is 18.5 Å². The van der Waals surface area contributed by atoms with Crippen molar-refractivity contribution in [2.24, 2.45) is 0 Å². The maximum Gasteiger partial charge on any atom is 0.251 e. The standard InChI is InChI=1S/C25H31N3O2/c29-25(26-15-8-18-28-16-6-1-2-7-17-28)21-12-13-22-23(19-21)30-24(27-22)14-11-20-9-4-3-5-10-20/h3-5,9-10,12-13,19H,1-2,6-8,11,14-18H2,(H,26,29). The van der Waals surface area contributed by atoms with E-state index in [9.17, 15) is 4.79 Å². The van der Waals surface area contributed by atoms with Crippen molar-refractivity contribution >= 4 is 17.0 Å². The van der Waals surface area contributed by atoms with E-state index < -0.39 is 0 Å². The number of fused-ring (bicyclic) bond motifs is 1. The van der Waals surface area contributed by atoms with Crippen molar-refractivity contribution < 1.29 is 9.21 Å². The van der Waals surface area contributed by atoms with Gasteiger partial charge in [-0.05, 0) is 69.1 Å². The largest absolute Gasteiger partial charge is 0.441 e. The molecule has 5 heteroatoms. The molecule has 158 valence electrons. The highest BCUT2D eigenvalue weighted by atomic mass is 16.3. The van der Waals surface area contributed by atoms with Gasteiger partial charge in [0.05, 0.1) is 0 Å². The molecule has 5 nitrogen and oxygen atoms in total. The average molecular weight is 406 g/mol. The fraction of sp³-hybridized carbons (Fsp3) is 0.440. The van der Waals surface area contributed by atoms with E-state index in [0.29, 0.717) is 23.6 Å². The van der Waals surface area contributed by atoms with Crippen molar-refractivity contribution in [2.75, 3.05) is 26.2 Å². The van der Waals surface area contributed by atoms with Gasteiger partial charge in [0.2, 0.25) is 0 Å². The van der Waals surface area contributed by atoms with Crippen LogP contribution in [-0.2, 0) is 12.8 Å². The molecule has 0 unspecified atom stereocenters. The van der Waals surface area contributed by atoms with Crippen molar-refractivity contribution in [1.29, 1.82) is 0 Å². The first kappa shape index (κ1) is 20.6.